The fraction of sp³-hybridized carbons (Fsp3) is 0.222. The van der Waals surface area contributed by atoms with Gasteiger partial charge in [0.15, 0.2) is 11.5 Å². The zero-order valence-corrected chi connectivity index (χ0v) is 12.6. The molecule has 0 aliphatic carbocycles. The van der Waals surface area contributed by atoms with Crippen LogP contribution >= 0.6 is 0 Å². The van der Waals surface area contributed by atoms with Crippen molar-refractivity contribution in [3.05, 3.63) is 59.2 Å². The van der Waals surface area contributed by atoms with E-state index in [1.54, 1.807) is 26.4 Å². The number of methoxy groups -OCH3 is 2. The fourth-order valence-corrected chi connectivity index (χ4v) is 2.07. The summed E-state index contributed by atoms with van der Waals surface area (Å²) in [6.07, 6.45) is 4.68. The molecule has 0 saturated carbocycles. The molecule has 2 aromatic carbocycles. The molecule has 0 aromatic heterocycles. The first-order valence-corrected chi connectivity index (χ1v) is 6.81. The van der Waals surface area contributed by atoms with Gasteiger partial charge in [0.25, 0.3) is 0 Å². The van der Waals surface area contributed by atoms with E-state index in [-0.39, 0.29) is 5.75 Å². The molecular formula is C18H20O3. The third kappa shape index (κ3) is 3.78. The number of benzene rings is 2. The Balaban J connectivity index is 2.14. The molecule has 0 unspecified atom stereocenters. The third-order valence-electron chi connectivity index (χ3n) is 3.31. The molecule has 3 heteroatoms. The van der Waals surface area contributed by atoms with Crippen molar-refractivity contribution in [1.82, 2.24) is 0 Å². The van der Waals surface area contributed by atoms with Crippen molar-refractivity contribution in [2.24, 2.45) is 0 Å². The zero-order chi connectivity index (χ0) is 15.2. The predicted octanol–water partition coefficient (Wildman–Crippen LogP) is 3.97. The van der Waals surface area contributed by atoms with E-state index in [1.165, 1.54) is 5.56 Å². The molecule has 1 N–H and O–H groups in total. The molecule has 0 radical (unpaired) electrons. The van der Waals surface area contributed by atoms with Crippen LogP contribution in [0.1, 0.15) is 16.7 Å². The molecule has 0 saturated heterocycles. The van der Waals surface area contributed by atoms with E-state index in [1.807, 2.05) is 12.2 Å². The van der Waals surface area contributed by atoms with Crippen molar-refractivity contribution in [3.8, 4) is 17.2 Å². The summed E-state index contributed by atoms with van der Waals surface area (Å²) < 4.78 is 10.4. The highest BCUT2D eigenvalue weighted by molar-refractivity contribution is 5.53. The van der Waals surface area contributed by atoms with Gasteiger partial charge in [-0.15, -0.1) is 0 Å². The Hall–Kier alpha value is -2.42. The van der Waals surface area contributed by atoms with Crippen LogP contribution in [0.15, 0.2) is 42.5 Å². The van der Waals surface area contributed by atoms with Crippen LogP contribution < -0.4 is 9.47 Å². The maximum atomic E-state index is 10.0. The minimum Gasteiger partial charge on any atom is -0.508 e. The van der Waals surface area contributed by atoms with Crippen LogP contribution in [0.4, 0.5) is 0 Å². The molecule has 2 aromatic rings. The Morgan fingerprint density at radius 3 is 2.24 bits per heavy atom. The predicted molar refractivity (Wildman–Crippen MR) is 85.1 cm³/mol. The van der Waals surface area contributed by atoms with E-state index in [0.29, 0.717) is 17.9 Å². The van der Waals surface area contributed by atoms with Crippen LogP contribution in [0.25, 0.3) is 6.08 Å². The smallest absolute Gasteiger partial charge is 0.164 e. The Labute approximate surface area is 125 Å². The van der Waals surface area contributed by atoms with Crippen LogP contribution in [0.2, 0.25) is 0 Å². The van der Waals surface area contributed by atoms with Crippen molar-refractivity contribution in [3.63, 3.8) is 0 Å². The van der Waals surface area contributed by atoms with Crippen molar-refractivity contribution in [2.45, 2.75) is 13.3 Å². The van der Waals surface area contributed by atoms with Gasteiger partial charge in [-0.25, -0.2) is 0 Å². The maximum Gasteiger partial charge on any atom is 0.164 e. The monoisotopic (exact) mass is 284 g/mol. The number of allylic oxidation sites excluding steroid dienone is 1. The van der Waals surface area contributed by atoms with Gasteiger partial charge in [0.2, 0.25) is 0 Å². The first-order valence-electron chi connectivity index (χ1n) is 6.81. The highest BCUT2D eigenvalue weighted by Crippen LogP contribution is 2.34. The average Bonchev–Trinajstić information content (AvgIpc) is 2.50. The summed E-state index contributed by atoms with van der Waals surface area (Å²) in [5.41, 5.74) is 3.18. The van der Waals surface area contributed by atoms with Crippen molar-refractivity contribution < 1.29 is 14.6 Å². The summed E-state index contributed by atoms with van der Waals surface area (Å²) in [6, 6.07) is 11.7. The SMILES string of the molecule is COc1cc(O)c(C/C=C/c2ccc(C)cc2)cc1OC. The summed E-state index contributed by atoms with van der Waals surface area (Å²) in [5, 5.41) is 10.0. The van der Waals surface area contributed by atoms with Crippen LogP contribution in [0.3, 0.4) is 0 Å². The number of aromatic hydroxyl groups is 1. The number of phenols is 1. The second-order valence-corrected chi connectivity index (χ2v) is 4.85. The molecule has 0 aliphatic heterocycles. The average molecular weight is 284 g/mol. The standard InChI is InChI=1S/C18H20O3/c1-13-7-9-14(10-8-13)5-4-6-15-11-17(20-2)18(21-3)12-16(15)19/h4-5,7-12,19H,6H2,1-3H3/b5-4+. The molecule has 110 valence electrons. The van der Waals surface area contributed by atoms with E-state index < -0.39 is 0 Å². The summed E-state index contributed by atoms with van der Waals surface area (Å²) in [6.45, 7) is 2.06. The first-order chi connectivity index (χ1) is 10.1. The minimum atomic E-state index is 0.209. The van der Waals surface area contributed by atoms with Gasteiger partial charge in [-0.05, 0) is 25.0 Å². The molecule has 0 fully saturated rings. The summed E-state index contributed by atoms with van der Waals surface area (Å²) in [4.78, 5) is 0. The molecule has 2 rings (SSSR count). The van der Waals surface area contributed by atoms with E-state index in [9.17, 15) is 5.11 Å². The zero-order valence-electron chi connectivity index (χ0n) is 12.6. The summed E-state index contributed by atoms with van der Waals surface area (Å²) >= 11 is 0. The van der Waals surface area contributed by atoms with Gasteiger partial charge in [0, 0.05) is 11.6 Å². The van der Waals surface area contributed by atoms with Gasteiger partial charge in [-0.2, -0.15) is 0 Å². The van der Waals surface area contributed by atoms with E-state index in [2.05, 4.69) is 31.2 Å². The highest BCUT2D eigenvalue weighted by atomic mass is 16.5. The largest absolute Gasteiger partial charge is 0.508 e. The molecule has 21 heavy (non-hydrogen) atoms. The van der Waals surface area contributed by atoms with Gasteiger partial charge in [0.1, 0.15) is 5.75 Å². The number of rotatable bonds is 5. The van der Waals surface area contributed by atoms with E-state index in [4.69, 9.17) is 9.47 Å². The Morgan fingerprint density at radius 2 is 1.62 bits per heavy atom. The quantitative estimate of drug-likeness (QED) is 0.902. The van der Waals surface area contributed by atoms with Gasteiger partial charge in [-0.3, -0.25) is 0 Å². The first kappa shape index (κ1) is 15.0. The molecule has 0 aliphatic rings. The van der Waals surface area contributed by atoms with Gasteiger partial charge in [-0.1, -0.05) is 42.0 Å². The number of hydrogen-bond acceptors (Lipinski definition) is 3. The lowest BCUT2D eigenvalue weighted by Crippen LogP contribution is -1.93. The number of aryl methyl sites for hydroxylation is 1. The number of ether oxygens (including phenoxy) is 2. The Bertz CT molecular complexity index is 628. The lowest BCUT2D eigenvalue weighted by atomic mass is 10.1. The minimum absolute atomic E-state index is 0.209. The molecule has 0 atom stereocenters. The molecule has 3 nitrogen and oxygen atoms in total. The third-order valence-corrected chi connectivity index (χ3v) is 3.31. The van der Waals surface area contributed by atoms with Crippen molar-refractivity contribution in [2.75, 3.05) is 14.2 Å². The van der Waals surface area contributed by atoms with Crippen LogP contribution in [-0.4, -0.2) is 19.3 Å². The topological polar surface area (TPSA) is 38.7 Å². The second kappa shape index (κ2) is 6.84. The van der Waals surface area contributed by atoms with Gasteiger partial charge >= 0.3 is 0 Å². The number of hydrogen-bond donors (Lipinski definition) is 1. The Morgan fingerprint density at radius 1 is 1.00 bits per heavy atom. The van der Waals surface area contributed by atoms with Crippen molar-refractivity contribution >= 4 is 6.08 Å². The molecule has 0 amide bonds. The number of phenolic OH excluding ortho intramolecular Hbond substituents is 1. The van der Waals surface area contributed by atoms with Gasteiger partial charge < -0.3 is 14.6 Å². The summed E-state index contributed by atoms with van der Waals surface area (Å²) in [5.74, 6) is 1.36. The summed E-state index contributed by atoms with van der Waals surface area (Å²) in [7, 11) is 3.13. The normalized spacial score (nSPS) is 10.8. The van der Waals surface area contributed by atoms with E-state index in [0.717, 1.165) is 11.1 Å². The van der Waals surface area contributed by atoms with Crippen LogP contribution in [-0.2, 0) is 6.42 Å². The maximum absolute atomic E-state index is 10.0. The van der Waals surface area contributed by atoms with Gasteiger partial charge in [0.05, 0.1) is 14.2 Å². The van der Waals surface area contributed by atoms with Crippen LogP contribution in [0, 0.1) is 6.92 Å². The van der Waals surface area contributed by atoms with Crippen LogP contribution in [0.5, 0.6) is 17.2 Å². The lowest BCUT2D eigenvalue weighted by molar-refractivity contribution is 0.350. The lowest BCUT2D eigenvalue weighted by Gasteiger charge is -2.10. The van der Waals surface area contributed by atoms with E-state index >= 15 is 0 Å². The molecular weight excluding hydrogens is 264 g/mol. The molecule has 0 heterocycles. The van der Waals surface area contributed by atoms with Crippen molar-refractivity contribution in [1.29, 1.82) is 0 Å². The molecule has 0 bridgehead atoms. The fourth-order valence-electron chi connectivity index (χ4n) is 2.07. The highest BCUT2D eigenvalue weighted by Gasteiger charge is 2.09. The molecule has 0 spiro atoms. The second-order valence-electron chi connectivity index (χ2n) is 4.85. The Kier molecular flexibility index (Phi) is 4.88.